The number of carbonyl (C=O) groups is 1. The van der Waals surface area contributed by atoms with Crippen molar-refractivity contribution < 1.29 is 23.1 Å². The van der Waals surface area contributed by atoms with Gasteiger partial charge in [0, 0.05) is 22.6 Å². The van der Waals surface area contributed by atoms with Crippen molar-refractivity contribution in [2.24, 2.45) is 5.73 Å². The molecule has 1 aromatic heterocycles. The van der Waals surface area contributed by atoms with Crippen molar-refractivity contribution >= 4 is 16.9 Å². The number of nitriles is 1. The Kier molecular flexibility index (Phi) is 5.76. The molecule has 0 amide bonds. The Bertz CT molecular complexity index is 1620. The van der Waals surface area contributed by atoms with E-state index >= 15 is 0 Å². The second-order valence-corrected chi connectivity index (χ2v) is 10.1. The van der Waals surface area contributed by atoms with Gasteiger partial charge in [0.25, 0.3) is 0 Å². The summed E-state index contributed by atoms with van der Waals surface area (Å²) in [6.45, 7) is 8.08. The summed E-state index contributed by atoms with van der Waals surface area (Å²) in [5.41, 5.74) is 10.1. The van der Waals surface area contributed by atoms with Gasteiger partial charge in [-0.15, -0.1) is 0 Å². The van der Waals surface area contributed by atoms with Crippen molar-refractivity contribution in [2.75, 3.05) is 0 Å². The molecular formula is C30H25FN2O4. The zero-order valence-electron chi connectivity index (χ0n) is 20.9. The SMILES string of the molecule is Cc1c(C(=O)Oc2ccc3c(c2)OC(N)=C(C#N)C3c2ccc(C(C)(C)C)cc2)oc2ccc(F)cc12. The number of fused-ring (bicyclic) bond motifs is 2. The minimum atomic E-state index is -0.722. The van der Waals surface area contributed by atoms with Gasteiger partial charge in [0.05, 0.1) is 5.92 Å². The van der Waals surface area contributed by atoms with Crippen LogP contribution in [0.3, 0.4) is 0 Å². The van der Waals surface area contributed by atoms with E-state index < -0.39 is 17.7 Å². The van der Waals surface area contributed by atoms with Crippen molar-refractivity contribution in [2.45, 2.75) is 39.0 Å². The van der Waals surface area contributed by atoms with Gasteiger partial charge in [-0.1, -0.05) is 51.1 Å². The van der Waals surface area contributed by atoms with Crippen LogP contribution >= 0.6 is 0 Å². The number of nitrogens with zero attached hydrogens (tertiary/aromatic N) is 1. The Balaban J connectivity index is 1.48. The second-order valence-electron chi connectivity index (χ2n) is 10.1. The summed E-state index contributed by atoms with van der Waals surface area (Å²) in [4.78, 5) is 12.9. The fourth-order valence-corrected chi connectivity index (χ4v) is 4.56. The van der Waals surface area contributed by atoms with E-state index in [1.807, 2.05) is 24.3 Å². The molecule has 0 radical (unpaired) electrons. The molecule has 0 spiro atoms. The Morgan fingerprint density at radius 1 is 1.08 bits per heavy atom. The summed E-state index contributed by atoms with van der Waals surface area (Å²) in [5.74, 6) is -0.991. The summed E-state index contributed by atoms with van der Waals surface area (Å²) in [5, 5.41) is 10.3. The number of esters is 1. The summed E-state index contributed by atoms with van der Waals surface area (Å²) < 4.78 is 30.6. The quantitative estimate of drug-likeness (QED) is 0.253. The lowest BCUT2D eigenvalue weighted by Gasteiger charge is -2.27. The van der Waals surface area contributed by atoms with Gasteiger partial charge < -0.3 is 19.6 Å². The number of aryl methyl sites for hydroxylation is 1. The van der Waals surface area contributed by atoms with Crippen LogP contribution in [0.4, 0.5) is 4.39 Å². The number of allylic oxidation sites excluding steroid dienone is 1. The van der Waals surface area contributed by atoms with E-state index in [1.54, 1.807) is 25.1 Å². The van der Waals surface area contributed by atoms with E-state index in [9.17, 15) is 14.4 Å². The minimum Gasteiger partial charge on any atom is -0.449 e. The van der Waals surface area contributed by atoms with Gasteiger partial charge >= 0.3 is 5.97 Å². The number of hydrogen-bond acceptors (Lipinski definition) is 6. The zero-order chi connectivity index (χ0) is 26.5. The number of rotatable bonds is 3. The minimum absolute atomic E-state index is 0.00136. The molecule has 0 bridgehead atoms. The summed E-state index contributed by atoms with van der Waals surface area (Å²) in [6.07, 6.45) is 0. The third kappa shape index (κ3) is 4.31. The number of hydrogen-bond donors (Lipinski definition) is 1. The van der Waals surface area contributed by atoms with Crippen LogP contribution in [-0.4, -0.2) is 5.97 Å². The number of ether oxygens (including phenoxy) is 2. The highest BCUT2D eigenvalue weighted by Gasteiger charge is 2.31. The molecule has 0 saturated carbocycles. The van der Waals surface area contributed by atoms with Gasteiger partial charge in [0.2, 0.25) is 11.6 Å². The topological polar surface area (TPSA) is 98.5 Å². The molecule has 186 valence electrons. The van der Waals surface area contributed by atoms with E-state index in [0.717, 1.165) is 11.1 Å². The lowest BCUT2D eigenvalue weighted by molar-refractivity contribution is 0.0702. The number of furan rings is 1. The molecule has 5 rings (SSSR count). The Morgan fingerprint density at radius 2 is 1.81 bits per heavy atom. The molecule has 0 aliphatic carbocycles. The van der Waals surface area contributed by atoms with Crippen molar-refractivity contribution in [3.05, 3.63) is 106 Å². The van der Waals surface area contributed by atoms with Crippen LogP contribution in [0.1, 0.15) is 59.5 Å². The molecule has 1 atom stereocenters. The number of benzene rings is 3. The Hall–Kier alpha value is -4.57. The molecule has 4 aromatic rings. The summed E-state index contributed by atoms with van der Waals surface area (Å²) >= 11 is 0. The van der Waals surface area contributed by atoms with Crippen LogP contribution in [0, 0.1) is 24.1 Å². The van der Waals surface area contributed by atoms with Crippen molar-refractivity contribution in [3.63, 3.8) is 0 Å². The maximum atomic E-state index is 13.6. The second kappa shape index (κ2) is 8.82. The Labute approximate surface area is 213 Å². The maximum absolute atomic E-state index is 13.6. The normalized spacial score (nSPS) is 15.2. The molecule has 6 nitrogen and oxygen atoms in total. The molecular weight excluding hydrogens is 471 g/mol. The van der Waals surface area contributed by atoms with E-state index in [-0.39, 0.29) is 22.8 Å². The average Bonchev–Trinajstić information content (AvgIpc) is 3.18. The summed E-state index contributed by atoms with van der Waals surface area (Å²) in [7, 11) is 0. The Morgan fingerprint density at radius 3 is 2.49 bits per heavy atom. The highest BCUT2D eigenvalue weighted by molar-refractivity contribution is 5.96. The van der Waals surface area contributed by atoms with Crippen molar-refractivity contribution in [3.8, 4) is 17.6 Å². The van der Waals surface area contributed by atoms with Crippen LogP contribution in [0.25, 0.3) is 11.0 Å². The molecule has 1 aliphatic heterocycles. The van der Waals surface area contributed by atoms with Gasteiger partial charge in [-0.3, -0.25) is 0 Å². The van der Waals surface area contributed by atoms with Gasteiger partial charge in [0.1, 0.15) is 34.5 Å². The lowest BCUT2D eigenvalue weighted by Crippen LogP contribution is -2.21. The third-order valence-electron chi connectivity index (χ3n) is 6.59. The first-order valence-corrected chi connectivity index (χ1v) is 11.8. The third-order valence-corrected chi connectivity index (χ3v) is 6.59. The fraction of sp³-hybridized carbons (Fsp3) is 0.200. The van der Waals surface area contributed by atoms with Crippen LogP contribution in [-0.2, 0) is 5.41 Å². The first-order valence-electron chi connectivity index (χ1n) is 11.8. The summed E-state index contributed by atoms with van der Waals surface area (Å²) in [6, 6.07) is 19.3. The van der Waals surface area contributed by atoms with E-state index in [0.29, 0.717) is 27.9 Å². The van der Waals surface area contributed by atoms with Crippen LogP contribution in [0.15, 0.2) is 76.5 Å². The molecule has 3 aromatic carbocycles. The first kappa shape index (κ1) is 24.1. The lowest BCUT2D eigenvalue weighted by atomic mass is 9.81. The average molecular weight is 497 g/mol. The van der Waals surface area contributed by atoms with Gasteiger partial charge in [-0.25, -0.2) is 9.18 Å². The molecule has 1 unspecified atom stereocenters. The number of carbonyl (C=O) groups excluding carboxylic acids is 1. The van der Waals surface area contributed by atoms with Gasteiger partial charge in [-0.2, -0.15) is 5.26 Å². The maximum Gasteiger partial charge on any atom is 0.379 e. The van der Waals surface area contributed by atoms with Gasteiger partial charge in [-0.05, 0) is 47.7 Å². The van der Waals surface area contributed by atoms with Crippen LogP contribution in [0.2, 0.25) is 0 Å². The van der Waals surface area contributed by atoms with Crippen LogP contribution in [0.5, 0.6) is 11.5 Å². The fourth-order valence-electron chi connectivity index (χ4n) is 4.56. The smallest absolute Gasteiger partial charge is 0.379 e. The van der Waals surface area contributed by atoms with E-state index in [2.05, 4.69) is 26.8 Å². The number of halogens is 1. The van der Waals surface area contributed by atoms with Gasteiger partial charge in [0.15, 0.2) is 0 Å². The molecule has 2 heterocycles. The zero-order valence-corrected chi connectivity index (χ0v) is 20.9. The predicted molar refractivity (Wildman–Crippen MR) is 137 cm³/mol. The largest absolute Gasteiger partial charge is 0.449 e. The molecule has 0 saturated heterocycles. The molecule has 1 aliphatic rings. The highest BCUT2D eigenvalue weighted by Crippen LogP contribution is 2.44. The first-order chi connectivity index (χ1) is 17.6. The number of nitrogens with two attached hydrogens (primary N) is 1. The standard InChI is InChI=1S/C30H25FN2O4/c1-16-22-13-19(31)9-12-24(22)36-27(16)29(34)35-20-10-11-21-25(14-20)37-28(33)23(15-32)26(21)17-5-7-18(8-6-17)30(2,3)4/h5-14,26H,33H2,1-4H3. The van der Waals surface area contributed by atoms with E-state index in [1.165, 1.54) is 23.8 Å². The van der Waals surface area contributed by atoms with Crippen LogP contribution < -0.4 is 15.2 Å². The predicted octanol–water partition coefficient (Wildman–Crippen LogP) is 6.62. The van der Waals surface area contributed by atoms with E-state index in [4.69, 9.17) is 19.6 Å². The molecule has 7 heteroatoms. The monoisotopic (exact) mass is 496 g/mol. The highest BCUT2D eigenvalue weighted by atomic mass is 19.1. The molecule has 37 heavy (non-hydrogen) atoms. The van der Waals surface area contributed by atoms with Crippen molar-refractivity contribution in [1.29, 1.82) is 5.26 Å². The molecule has 0 fully saturated rings. The van der Waals surface area contributed by atoms with Crippen molar-refractivity contribution in [1.82, 2.24) is 0 Å². The molecule has 2 N–H and O–H groups in total.